The maximum atomic E-state index is 13.5. The molecule has 0 saturated heterocycles. The molecule has 0 atom stereocenters. The van der Waals surface area contributed by atoms with Crippen molar-refractivity contribution in [2.24, 2.45) is 0 Å². The normalized spacial score (nSPS) is 11.8. The number of H-pyrrole nitrogens is 1. The van der Waals surface area contributed by atoms with E-state index >= 15 is 0 Å². The van der Waals surface area contributed by atoms with Crippen LogP contribution in [0.4, 0.5) is 23.4 Å². The molecule has 0 aliphatic heterocycles. The zero-order valence-corrected chi connectivity index (χ0v) is 8.35. The maximum Gasteiger partial charge on any atom is 0.417 e. The molecule has 3 N–H and O–H groups in total. The number of hydrogen-bond donors (Lipinski definition) is 2. The summed E-state index contributed by atoms with van der Waals surface area (Å²) < 4.78 is 51.7. The molecule has 17 heavy (non-hydrogen) atoms. The van der Waals surface area contributed by atoms with E-state index in [1.54, 1.807) is 0 Å². The maximum absolute atomic E-state index is 13.5. The lowest BCUT2D eigenvalue weighted by atomic mass is 10.0. The van der Waals surface area contributed by atoms with Crippen LogP contribution in [0, 0.1) is 5.82 Å². The summed E-state index contributed by atoms with van der Waals surface area (Å²) in [5, 5.41) is 5.75. The lowest BCUT2D eigenvalue weighted by Crippen LogP contribution is -2.08. The second-order valence-electron chi connectivity index (χ2n) is 3.36. The summed E-state index contributed by atoms with van der Waals surface area (Å²) in [4.78, 5) is 0. The monoisotopic (exact) mass is 245 g/mol. The molecule has 2 aromatic rings. The van der Waals surface area contributed by atoms with Crippen LogP contribution in [0.2, 0.25) is 0 Å². The Labute approximate surface area is 93.3 Å². The summed E-state index contributed by atoms with van der Waals surface area (Å²) in [6.45, 7) is 0. The molecule has 0 amide bonds. The van der Waals surface area contributed by atoms with E-state index in [1.165, 1.54) is 0 Å². The van der Waals surface area contributed by atoms with Gasteiger partial charge in [-0.05, 0) is 12.1 Å². The number of aromatic amines is 1. The van der Waals surface area contributed by atoms with Crippen molar-refractivity contribution in [3.8, 4) is 11.1 Å². The van der Waals surface area contributed by atoms with Gasteiger partial charge in [-0.2, -0.15) is 18.3 Å². The van der Waals surface area contributed by atoms with Gasteiger partial charge in [-0.3, -0.25) is 5.10 Å². The molecule has 2 rings (SSSR count). The van der Waals surface area contributed by atoms with Crippen LogP contribution in [-0.2, 0) is 6.18 Å². The third kappa shape index (κ3) is 1.95. The summed E-state index contributed by atoms with van der Waals surface area (Å²) in [5.41, 5.74) is 3.63. The van der Waals surface area contributed by atoms with Gasteiger partial charge in [0.15, 0.2) is 0 Å². The highest BCUT2D eigenvalue weighted by Gasteiger charge is 2.35. The van der Waals surface area contributed by atoms with Gasteiger partial charge in [0.1, 0.15) is 11.6 Å². The molecule has 0 bridgehead atoms. The number of aromatic nitrogens is 2. The van der Waals surface area contributed by atoms with Crippen LogP contribution < -0.4 is 5.73 Å². The molecule has 0 spiro atoms. The Morgan fingerprint density at radius 1 is 1.24 bits per heavy atom. The second-order valence-corrected chi connectivity index (χ2v) is 3.36. The van der Waals surface area contributed by atoms with Gasteiger partial charge < -0.3 is 5.73 Å². The summed E-state index contributed by atoms with van der Waals surface area (Å²) in [6.07, 6.45) is -3.59. The molecule has 0 fully saturated rings. The number of benzene rings is 1. The lowest BCUT2D eigenvalue weighted by molar-refractivity contribution is -0.137. The number of nitrogen functional groups attached to an aromatic ring is 1. The third-order valence-electron chi connectivity index (χ3n) is 2.26. The molecule has 3 nitrogen and oxygen atoms in total. The molecule has 0 saturated carbocycles. The molecule has 0 aliphatic rings. The van der Waals surface area contributed by atoms with Crippen LogP contribution in [0.25, 0.3) is 11.1 Å². The van der Waals surface area contributed by atoms with E-state index in [4.69, 9.17) is 5.73 Å². The molecule has 1 heterocycles. The summed E-state index contributed by atoms with van der Waals surface area (Å²) in [7, 11) is 0. The first-order chi connectivity index (χ1) is 7.91. The van der Waals surface area contributed by atoms with Crippen molar-refractivity contribution in [2.45, 2.75) is 6.18 Å². The Morgan fingerprint density at radius 2 is 1.94 bits per heavy atom. The Balaban J connectivity index is 2.73. The molecule has 1 aromatic heterocycles. The largest absolute Gasteiger partial charge is 0.417 e. The minimum Gasteiger partial charge on any atom is -0.384 e. The molecule has 0 aliphatic carbocycles. The predicted octanol–water partition coefficient (Wildman–Crippen LogP) is 2.82. The first-order valence-electron chi connectivity index (χ1n) is 4.56. The van der Waals surface area contributed by atoms with Gasteiger partial charge in [-0.15, -0.1) is 0 Å². The van der Waals surface area contributed by atoms with E-state index in [9.17, 15) is 17.6 Å². The summed E-state index contributed by atoms with van der Waals surface area (Å²) in [6, 6.07) is 2.74. The van der Waals surface area contributed by atoms with Crippen LogP contribution in [0.3, 0.4) is 0 Å². The number of anilines is 1. The van der Waals surface area contributed by atoms with Gasteiger partial charge in [0.2, 0.25) is 0 Å². The SMILES string of the molecule is Nc1[nH]ncc1-c1c(F)cccc1C(F)(F)F. The highest BCUT2D eigenvalue weighted by molar-refractivity contribution is 5.76. The molecule has 90 valence electrons. The van der Waals surface area contributed by atoms with Crippen LogP contribution in [0.5, 0.6) is 0 Å². The molecular weight excluding hydrogens is 238 g/mol. The molecule has 7 heteroatoms. The zero-order valence-electron chi connectivity index (χ0n) is 8.35. The highest BCUT2D eigenvalue weighted by Crippen LogP contribution is 2.39. The number of nitrogens with zero attached hydrogens (tertiary/aromatic N) is 1. The topological polar surface area (TPSA) is 54.7 Å². The predicted molar refractivity (Wildman–Crippen MR) is 53.4 cm³/mol. The van der Waals surface area contributed by atoms with Crippen LogP contribution in [0.15, 0.2) is 24.4 Å². The van der Waals surface area contributed by atoms with Gasteiger partial charge in [-0.25, -0.2) is 4.39 Å². The number of halogens is 4. The number of hydrogen-bond acceptors (Lipinski definition) is 2. The van der Waals surface area contributed by atoms with Crippen molar-refractivity contribution in [1.82, 2.24) is 10.2 Å². The Kier molecular flexibility index (Phi) is 2.53. The van der Waals surface area contributed by atoms with E-state index < -0.39 is 23.1 Å². The van der Waals surface area contributed by atoms with Crippen LogP contribution >= 0.6 is 0 Å². The van der Waals surface area contributed by atoms with Gasteiger partial charge in [0.05, 0.1) is 11.8 Å². The Morgan fingerprint density at radius 3 is 2.47 bits per heavy atom. The second kappa shape index (κ2) is 3.76. The Bertz CT molecular complexity index is 545. The molecule has 1 aromatic carbocycles. The van der Waals surface area contributed by atoms with E-state index in [2.05, 4.69) is 10.2 Å². The Hall–Kier alpha value is -2.05. The van der Waals surface area contributed by atoms with Crippen molar-refractivity contribution < 1.29 is 17.6 Å². The van der Waals surface area contributed by atoms with Gasteiger partial charge in [-0.1, -0.05) is 6.07 Å². The average Bonchev–Trinajstić information content (AvgIpc) is 2.62. The van der Waals surface area contributed by atoms with Crippen molar-refractivity contribution >= 4 is 5.82 Å². The van der Waals surface area contributed by atoms with Crippen molar-refractivity contribution in [2.75, 3.05) is 5.73 Å². The third-order valence-corrected chi connectivity index (χ3v) is 2.26. The lowest BCUT2D eigenvalue weighted by Gasteiger charge is -2.12. The summed E-state index contributed by atoms with van der Waals surface area (Å²) >= 11 is 0. The highest BCUT2D eigenvalue weighted by atomic mass is 19.4. The quantitative estimate of drug-likeness (QED) is 0.759. The fraction of sp³-hybridized carbons (Fsp3) is 0.100. The number of rotatable bonds is 1. The number of alkyl halides is 3. The average molecular weight is 245 g/mol. The smallest absolute Gasteiger partial charge is 0.384 e. The van der Waals surface area contributed by atoms with Crippen molar-refractivity contribution in [3.05, 3.63) is 35.8 Å². The summed E-state index contributed by atoms with van der Waals surface area (Å²) in [5.74, 6) is -1.10. The minimum absolute atomic E-state index is 0.101. The zero-order chi connectivity index (χ0) is 12.6. The standard InChI is InChI=1S/C10H7F4N3/c11-7-3-1-2-6(10(12,13)14)8(7)5-4-16-17-9(5)15/h1-4H,(H3,15,16,17). The first-order valence-corrected chi connectivity index (χ1v) is 4.56. The van der Waals surface area contributed by atoms with E-state index in [-0.39, 0.29) is 11.4 Å². The van der Waals surface area contributed by atoms with Crippen molar-refractivity contribution in [3.63, 3.8) is 0 Å². The fourth-order valence-corrected chi connectivity index (χ4v) is 1.53. The molecular formula is C10H7F4N3. The van der Waals surface area contributed by atoms with Crippen LogP contribution in [0.1, 0.15) is 5.56 Å². The van der Waals surface area contributed by atoms with Gasteiger partial charge in [0, 0.05) is 11.1 Å². The van der Waals surface area contributed by atoms with E-state index in [0.717, 1.165) is 24.4 Å². The van der Waals surface area contributed by atoms with E-state index in [0.29, 0.717) is 0 Å². The first kappa shape index (κ1) is 11.4. The molecule has 0 unspecified atom stereocenters. The minimum atomic E-state index is -4.65. The number of nitrogens with two attached hydrogens (primary N) is 1. The van der Waals surface area contributed by atoms with Crippen molar-refractivity contribution in [1.29, 1.82) is 0 Å². The van der Waals surface area contributed by atoms with Gasteiger partial charge in [0.25, 0.3) is 0 Å². The molecule has 0 radical (unpaired) electrons. The van der Waals surface area contributed by atoms with Crippen LogP contribution in [-0.4, -0.2) is 10.2 Å². The van der Waals surface area contributed by atoms with E-state index in [1.807, 2.05) is 0 Å². The van der Waals surface area contributed by atoms with Gasteiger partial charge >= 0.3 is 6.18 Å². The fourth-order valence-electron chi connectivity index (χ4n) is 1.53. The number of nitrogens with one attached hydrogen (secondary N) is 1.